The first-order valence-electron chi connectivity index (χ1n) is 9.80. The first-order chi connectivity index (χ1) is 15.3. The molecule has 2 rings (SSSR count). The van der Waals surface area contributed by atoms with Gasteiger partial charge in [-0.25, -0.2) is 9.59 Å². The quantitative estimate of drug-likeness (QED) is 0.375. The van der Waals surface area contributed by atoms with Crippen LogP contribution in [-0.4, -0.2) is 45.6 Å². The van der Waals surface area contributed by atoms with Crippen LogP contribution in [0.1, 0.15) is 25.0 Å². The molecule has 0 radical (unpaired) electrons. The summed E-state index contributed by atoms with van der Waals surface area (Å²) in [5.74, 6) is -1.77. The number of aliphatic hydroxyl groups is 2. The van der Waals surface area contributed by atoms with Crippen molar-refractivity contribution >= 4 is 24.1 Å². The van der Waals surface area contributed by atoms with Crippen molar-refractivity contribution in [2.24, 2.45) is 0 Å². The SMILES string of the molecule is CC(=CC=Cc1ccccc1)C(=O)O.CC(=CC=Cc1ccccc1)C(=O)O.OCCO. The zero-order valence-corrected chi connectivity index (χ0v) is 18.3. The normalized spacial score (nSPS) is 11.4. The highest BCUT2D eigenvalue weighted by Crippen LogP contribution is 2.03. The van der Waals surface area contributed by atoms with Gasteiger partial charge in [-0.3, -0.25) is 0 Å². The summed E-state index contributed by atoms with van der Waals surface area (Å²) in [6, 6.07) is 19.5. The standard InChI is InChI=1S/2C12H12O2.C2H6O2/c2*1-10(12(13)14)6-5-9-11-7-3-2-4-8-11;3-1-2-4/h2*2-9H,1H3,(H,13,14);3-4H,1-2H2. The summed E-state index contributed by atoms with van der Waals surface area (Å²) in [5.41, 5.74) is 2.78. The van der Waals surface area contributed by atoms with E-state index in [1.165, 1.54) is 0 Å². The van der Waals surface area contributed by atoms with E-state index >= 15 is 0 Å². The van der Waals surface area contributed by atoms with Crippen molar-refractivity contribution in [3.8, 4) is 0 Å². The molecule has 4 N–H and O–H groups in total. The van der Waals surface area contributed by atoms with E-state index in [9.17, 15) is 9.59 Å². The monoisotopic (exact) mass is 438 g/mol. The van der Waals surface area contributed by atoms with Crippen LogP contribution in [0.2, 0.25) is 0 Å². The fourth-order valence-corrected chi connectivity index (χ4v) is 1.88. The molecule has 0 aliphatic rings. The number of carbonyl (C=O) groups is 2. The van der Waals surface area contributed by atoms with Crippen molar-refractivity contribution < 1.29 is 30.0 Å². The van der Waals surface area contributed by atoms with E-state index in [1.807, 2.05) is 72.8 Å². The molecule has 2 aromatic rings. The Morgan fingerprint density at radius 2 is 0.969 bits per heavy atom. The molecule has 0 heterocycles. The Morgan fingerprint density at radius 3 is 1.22 bits per heavy atom. The number of hydrogen-bond donors (Lipinski definition) is 4. The zero-order valence-electron chi connectivity index (χ0n) is 18.3. The molecule has 0 aliphatic carbocycles. The number of aliphatic carboxylic acids is 2. The smallest absolute Gasteiger partial charge is 0.331 e. The number of carboxylic acid groups (broad SMARTS) is 2. The minimum atomic E-state index is -0.886. The summed E-state index contributed by atoms with van der Waals surface area (Å²) in [7, 11) is 0. The van der Waals surface area contributed by atoms with E-state index in [4.69, 9.17) is 20.4 Å². The molecule has 6 nitrogen and oxygen atoms in total. The average Bonchev–Trinajstić information content (AvgIpc) is 2.80. The van der Waals surface area contributed by atoms with Crippen molar-refractivity contribution in [2.75, 3.05) is 13.2 Å². The summed E-state index contributed by atoms with van der Waals surface area (Å²) in [4.78, 5) is 20.9. The van der Waals surface area contributed by atoms with E-state index in [1.54, 1.807) is 38.2 Å². The van der Waals surface area contributed by atoms with Gasteiger partial charge >= 0.3 is 11.9 Å². The minimum absolute atomic E-state index is 0.125. The van der Waals surface area contributed by atoms with E-state index in [0.717, 1.165) is 11.1 Å². The molecule has 32 heavy (non-hydrogen) atoms. The molecule has 2 aromatic carbocycles. The molecule has 0 atom stereocenters. The van der Waals surface area contributed by atoms with Crippen molar-refractivity contribution in [1.82, 2.24) is 0 Å². The van der Waals surface area contributed by atoms with Crippen molar-refractivity contribution in [3.05, 3.63) is 107 Å². The highest BCUT2D eigenvalue weighted by molar-refractivity contribution is 5.86. The third-order valence-corrected chi connectivity index (χ3v) is 3.64. The Morgan fingerprint density at radius 1 is 0.656 bits per heavy atom. The van der Waals surface area contributed by atoms with Gasteiger partial charge in [-0.2, -0.15) is 0 Å². The molecule has 0 unspecified atom stereocenters. The second-order valence-electron chi connectivity index (χ2n) is 6.30. The lowest BCUT2D eigenvalue weighted by atomic mass is 10.2. The number of carboxylic acids is 2. The largest absolute Gasteiger partial charge is 0.478 e. The van der Waals surface area contributed by atoms with Gasteiger partial charge in [0.1, 0.15) is 0 Å². The highest BCUT2D eigenvalue weighted by Gasteiger charge is 1.96. The van der Waals surface area contributed by atoms with Gasteiger partial charge < -0.3 is 20.4 Å². The number of aliphatic hydroxyl groups excluding tert-OH is 2. The molecule has 0 fully saturated rings. The van der Waals surface area contributed by atoms with Gasteiger partial charge in [0, 0.05) is 11.1 Å². The average molecular weight is 439 g/mol. The van der Waals surface area contributed by atoms with Crippen LogP contribution in [0.3, 0.4) is 0 Å². The van der Waals surface area contributed by atoms with Crippen LogP contribution in [0.4, 0.5) is 0 Å². The van der Waals surface area contributed by atoms with Gasteiger partial charge in [0.15, 0.2) is 0 Å². The van der Waals surface area contributed by atoms with Gasteiger partial charge in [0.2, 0.25) is 0 Å². The van der Waals surface area contributed by atoms with Gasteiger partial charge in [-0.15, -0.1) is 0 Å². The van der Waals surface area contributed by atoms with Crippen LogP contribution >= 0.6 is 0 Å². The molecule has 0 aromatic heterocycles. The molecular weight excluding hydrogens is 408 g/mol. The van der Waals surface area contributed by atoms with Gasteiger partial charge in [0.25, 0.3) is 0 Å². The van der Waals surface area contributed by atoms with E-state index in [0.29, 0.717) is 11.1 Å². The fourth-order valence-electron chi connectivity index (χ4n) is 1.88. The fraction of sp³-hybridized carbons (Fsp3) is 0.154. The molecule has 6 heteroatoms. The number of benzene rings is 2. The van der Waals surface area contributed by atoms with Crippen LogP contribution in [0.15, 0.2) is 96.1 Å². The Labute approximate surface area is 188 Å². The second kappa shape index (κ2) is 18.1. The Kier molecular flexibility index (Phi) is 16.0. The maximum absolute atomic E-state index is 10.4. The Hall–Kier alpha value is -3.74. The van der Waals surface area contributed by atoms with Gasteiger partial charge in [-0.1, -0.05) is 97.1 Å². The number of allylic oxidation sites excluding steroid dienone is 4. The molecule has 0 aliphatic heterocycles. The van der Waals surface area contributed by atoms with Crippen LogP contribution in [-0.2, 0) is 9.59 Å². The van der Waals surface area contributed by atoms with Crippen LogP contribution in [0, 0.1) is 0 Å². The van der Waals surface area contributed by atoms with E-state index in [2.05, 4.69) is 0 Å². The van der Waals surface area contributed by atoms with E-state index in [-0.39, 0.29) is 13.2 Å². The van der Waals surface area contributed by atoms with Crippen molar-refractivity contribution in [2.45, 2.75) is 13.8 Å². The molecule has 0 bridgehead atoms. The molecule has 0 amide bonds. The molecule has 0 saturated heterocycles. The number of rotatable bonds is 7. The predicted molar refractivity (Wildman–Crippen MR) is 128 cm³/mol. The van der Waals surface area contributed by atoms with Gasteiger partial charge in [-0.05, 0) is 25.0 Å². The minimum Gasteiger partial charge on any atom is -0.478 e. The predicted octanol–water partition coefficient (Wildman–Crippen LogP) is 4.43. The summed E-state index contributed by atoms with van der Waals surface area (Å²) in [6.07, 6.45) is 10.4. The lowest BCUT2D eigenvalue weighted by Crippen LogP contribution is -1.94. The maximum atomic E-state index is 10.4. The maximum Gasteiger partial charge on any atom is 0.331 e. The Balaban J connectivity index is 0.000000515. The number of hydrogen-bond acceptors (Lipinski definition) is 4. The molecule has 0 spiro atoms. The lowest BCUT2D eigenvalue weighted by molar-refractivity contribution is -0.133. The van der Waals surface area contributed by atoms with Crippen molar-refractivity contribution in [1.29, 1.82) is 0 Å². The summed E-state index contributed by atoms with van der Waals surface area (Å²) >= 11 is 0. The first-order valence-corrected chi connectivity index (χ1v) is 9.80. The van der Waals surface area contributed by atoms with Crippen LogP contribution in [0.5, 0.6) is 0 Å². The van der Waals surface area contributed by atoms with E-state index < -0.39 is 11.9 Å². The summed E-state index contributed by atoms with van der Waals surface area (Å²) in [5, 5.41) is 32.4. The summed E-state index contributed by atoms with van der Waals surface area (Å²) < 4.78 is 0. The zero-order chi connectivity index (χ0) is 24.2. The Bertz CT molecular complexity index is 832. The highest BCUT2D eigenvalue weighted by atomic mass is 16.4. The molecule has 0 saturated carbocycles. The van der Waals surface area contributed by atoms with Gasteiger partial charge in [0.05, 0.1) is 13.2 Å². The first kappa shape index (κ1) is 28.3. The third-order valence-electron chi connectivity index (χ3n) is 3.64. The topological polar surface area (TPSA) is 115 Å². The second-order valence-corrected chi connectivity index (χ2v) is 6.30. The lowest BCUT2D eigenvalue weighted by Gasteiger charge is -1.90. The van der Waals surface area contributed by atoms with Crippen LogP contribution in [0.25, 0.3) is 12.2 Å². The molecule has 170 valence electrons. The summed E-state index contributed by atoms with van der Waals surface area (Å²) in [6.45, 7) is 2.88. The third kappa shape index (κ3) is 15.1. The van der Waals surface area contributed by atoms with Crippen molar-refractivity contribution in [3.63, 3.8) is 0 Å². The van der Waals surface area contributed by atoms with Crippen LogP contribution < -0.4 is 0 Å². The molecular formula is C26H30O6.